The van der Waals surface area contributed by atoms with E-state index in [1.54, 1.807) is 18.2 Å². The van der Waals surface area contributed by atoms with Crippen molar-refractivity contribution in [1.29, 1.82) is 0 Å². The van der Waals surface area contributed by atoms with Gasteiger partial charge in [0.2, 0.25) is 0 Å². The summed E-state index contributed by atoms with van der Waals surface area (Å²) in [5.74, 6) is -0.754. The molecule has 6 heteroatoms. The van der Waals surface area contributed by atoms with Crippen molar-refractivity contribution in [2.24, 2.45) is 0 Å². The van der Waals surface area contributed by atoms with Crippen LogP contribution in [0.3, 0.4) is 0 Å². The molecule has 0 unspecified atom stereocenters. The van der Waals surface area contributed by atoms with Crippen molar-refractivity contribution >= 4 is 16.9 Å². The largest absolute Gasteiger partial charge is 0.506 e. The molecule has 1 aromatic heterocycles. The number of nitrogens with zero attached hydrogens (tertiary/aromatic N) is 1. The lowest BCUT2D eigenvalue weighted by molar-refractivity contribution is 0.0544. The van der Waals surface area contributed by atoms with E-state index < -0.39 is 22.8 Å². The van der Waals surface area contributed by atoms with Gasteiger partial charge in [-0.25, -0.2) is 4.79 Å². The molecule has 0 bridgehead atoms. The van der Waals surface area contributed by atoms with Crippen LogP contribution in [0.1, 0.15) is 22.8 Å². The number of carbonyl (C=O) groups is 1. The van der Waals surface area contributed by atoms with Crippen LogP contribution < -0.4 is 10.3 Å². The topological polar surface area (TPSA) is 77.8 Å². The van der Waals surface area contributed by atoms with Crippen LogP contribution in [0.15, 0.2) is 42.2 Å². The molecule has 2 rings (SSSR count). The van der Waals surface area contributed by atoms with Gasteiger partial charge in [-0.05, 0) is 24.1 Å². The molecule has 1 N–H and O–H groups in total. The van der Waals surface area contributed by atoms with Crippen molar-refractivity contribution in [3.63, 3.8) is 0 Å². The van der Waals surface area contributed by atoms with Gasteiger partial charge in [-0.15, -0.1) is 6.58 Å². The molecule has 0 aliphatic rings. The van der Waals surface area contributed by atoms with Gasteiger partial charge in [0.05, 0.1) is 12.6 Å². The van der Waals surface area contributed by atoms with Gasteiger partial charge < -0.3 is 19.1 Å². The Morgan fingerprint density at radius 1 is 1.32 bits per heavy atom. The minimum Gasteiger partial charge on any atom is -0.506 e. The summed E-state index contributed by atoms with van der Waals surface area (Å²) in [6.45, 7) is 9.19. The average Bonchev–Trinajstić information content (AvgIpc) is 2.62. The maximum absolute atomic E-state index is 12.7. The summed E-state index contributed by atoms with van der Waals surface area (Å²) in [7, 11) is 1.52. The third-order valence-corrected chi connectivity index (χ3v) is 3.87. The summed E-state index contributed by atoms with van der Waals surface area (Å²) in [6, 6.07) is 3.39. The lowest BCUT2D eigenvalue weighted by atomic mass is 10.0. The zero-order chi connectivity index (χ0) is 18.6. The minimum absolute atomic E-state index is 0.0602. The fourth-order valence-corrected chi connectivity index (χ4v) is 2.67. The number of allylic oxidation sites excluding steroid dienone is 1. The number of carbonyl (C=O) groups excluding carboxylic acids is 1. The predicted molar refractivity (Wildman–Crippen MR) is 96.5 cm³/mol. The molecule has 0 aliphatic carbocycles. The lowest BCUT2D eigenvalue weighted by Crippen LogP contribution is -2.28. The summed E-state index contributed by atoms with van der Waals surface area (Å²) >= 11 is 0. The second kappa shape index (κ2) is 7.70. The van der Waals surface area contributed by atoms with E-state index in [0.717, 1.165) is 5.56 Å². The third kappa shape index (κ3) is 3.28. The van der Waals surface area contributed by atoms with Crippen molar-refractivity contribution in [1.82, 2.24) is 4.57 Å². The van der Waals surface area contributed by atoms with Crippen LogP contribution in [-0.4, -0.2) is 29.4 Å². The first-order valence-corrected chi connectivity index (χ1v) is 7.85. The summed E-state index contributed by atoms with van der Waals surface area (Å²) in [6.07, 6.45) is 3.62. The van der Waals surface area contributed by atoms with E-state index in [1.165, 1.54) is 17.8 Å². The number of aromatic hydroxyl groups is 1. The second-order valence-corrected chi connectivity index (χ2v) is 5.35. The van der Waals surface area contributed by atoms with E-state index in [1.807, 2.05) is 6.92 Å². The number of aryl methyl sites for hydroxylation is 1. The van der Waals surface area contributed by atoms with Gasteiger partial charge in [0.25, 0.3) is 5.56 Å². The Kier molecular flexibility index (Phi) is 5.64. The van der Waals surface area contributed by atoms with Crippen molar-refractivity contribution < 1.29 is 19.4 Å². The molecular formula is C19H21NO5. The zero-order valence-electron chi connectivity index (χ0n) is 14.4. The number of hydrogen-bond acceptors (Lipinski definition) is 5. The van der Waals surface area contributed by atoms with E-state index >= 15 is 0 Å². The van der Waals surface area contributed by atoms with Crippen LogP contribution >= 0.6 is 0 Å². The van der Waals surface area contributed by atoms with Gasteiger partial charge in [0, 0.05) is 11.9 Å². The van der Waals surface area contributed by atoms with Crippen molar-refractivity contribution in [3.8, 4) is 11.5 Å². The van der Waals surface area contributed by atoms with Gasteiger partial charge >= 0.3 is 5.97 Å². The molecule has 0 fully saturated rings. The fraction of sp³-hybridized carbons (Fsp3) is 0.263. The second-order valence-electron chi connectivity index (χ2n) is 5.35. The first kappa shape index (κ1) is 18.3. The summed E-state index contributed by atoms with van der Waals surface area (Å²) < 4.78 is 11.7. The van der Waals surface area contributed by atoms with Gasteiger partial charge in [0.1, 0.15) is 18.1 Å². The van der Waals surface area contributed by atoms with Crippen molar-refractivity contribution in [2.45, 2.75) is 19.9 Å². The van der Waals surface area contributed by atoms with Gasteiger partial charge in [-0.1, -0.05) is 25.7 Å². The summed E-state index contributed by atoms with van der Waals surface area (Å²) in [5.41, 5.74) is 0.336. The molecule has 2 aromatic rings. The molecule has 1 heterocycles. The number of pyridine rings is 1. The molecule has 0 radical (unpaired) electrons. The number of fused-ring (bicyclic) bond motifs is 1. The monoisotopic (exact) mass is 343 g/mol. The van der Waals surface area contributed by atoms with Crippen LogP contribution in [-0.2, 0) is 17.7 Å². The van der Waals surface area contributed by atoms with E-state index in [9.17, 15) is 14.7 Å². The summed E-state index contributed by atoms with van der Waals surface area (Å²) in [4.78, 5) is 25.0. The highest BCUT2D eigenvalue weighted by Crippen LogP contribution is 2.33. The highest BCUT2D eigenvalue weighted by atomic mass is 16.5. The first-order valence-electron chi connectivity index (χ1n) is 7.85. The van der Waals surface area contributed by atoms with E-state index in [0.29, 0.717) is 23.1 Å². The van der Waals surface area contributed by atoms with Crippen LogP contribution in [0, 0.1) is 0 Å². The smallest absolute Gasteiger partial charge is 0.347 e. The number of benzene rings is 1. The minimum atomic E-state index is -0.902. The molecule has 0 spiro atoms. The average molecular weight is 343 g/mol. The Morgan fingerprint density at radius 3 is 2.60 bits per heavy atom. The molecule has 0 atom stereocenters. The van der Waals surface area contributed by atoms with Gasteiger partial charge in [-0.3, -0.25) is 4.79 Å². The zero-order valence-corrected chi connectivity index (χ0v) is 14.4. The maximum atomic E-state index is 12.7. The highest BCUT2D eigenvalue weighted by Gasteiger charge is 2.24. The SMILES string of the molecule is C=CCOC(=O)c1c(O)c2cc(OC)c(CC)cc2n(CC=C)c1=O. The Hall–Kier alpha value is -3.02. The Morgan fingerprint density at radius 2 is 2.04 bits per heavy atom. The van der Waals surface area contributed by atoms with E-state index in [4.69, 9.17) is 9.47 Å². The Bertz CT molecular complexity index is 895. The third-order valence-electron chi connectivity index (χ3n) is 3.87. The van der Waals surface area contributed by atoms with Crippen molar-refractivity contribution in [2.75, 3.05) is 13.7 Å². The van der Waals surface area contributed by atoms with E-state index in [-0.39, 0.29) is 13.2 Å². The maximum Gasteiger partial charge on any atom is 0.347 e. The Labute approximate surface area is 145 Å². The molecule has 25 heavy (non-hydrogen) atoms. The fourth-order valence-electron chi connectivity index (χ4n) is 2.67. The lowest BCUT2D eigenvalue weighted by Gasteiger charge is -2.16. The van der Waals surface area contributed by atoms with Crippen LogP contribution in [0.5, 0.6) is 11.5 Å². The molecule has 1 aromatic carbocycles. The number of esters is 1. The number of rotatable bonds is 7. The van der Waals surface area contributed by atoms with E-state index in [2.05, 4.69) is 13.2 Å². The summed E-state index contributed by atoms with van der Waals surface area (Å²) in [5, 5.41) is 10.9. The van der Waals surface area contributed by atoms with Gasteiger partial charge in [-0.2, -0.15) is 0 Å². The Balaban J connectivity index is 2.88. The molecule has 0 saturated carbocycles. The quantitative estimate of drug-likeness (QED) is 0.618. The number of hydrogen-bond donors (Lipinski definition) is 1. The highest BCUT2D eigenvalue weighted by molar-refractivity contribution is 6.00. The predicted octanol–water partition coefficient (Wildman–Crippen LogP) is 2.81. The van der Waals surface area contributed by atoms with Crippen molar-refractivity contribution in [3.05, 3.63) is 58.9 Å². The van der Waals surface area contributed by atoms with Crippen LogP contribution in [0.25, 0.3) is 10.9 Å². The molecule has 6 nitrogen and oxygen atoms in total. The molecule has 0 saturated heterocycles. The van der Waals surface area contributed by atoms with Crippen LogP contribution in [0.2, 0.25) is 0 Å². The molecule has 132 valence electrons. The standard InChI is InChI=1S/C19H21NO5/c1-5-8-20-14-10-12(7-3)15(24-4)11-13(14)17(21)16(18(20)22)19(23)25-9-6-2/h5-6,10-11,21H,1-2,7-9H2,3-4H3. The first-order chi connectivity index (χ1) is 12.0. The normalized spacial score (nSPS) is 10.5. The molecule has 0 amide bonds. The molecular weight excluding hydrogens is 322 g/mol. The molecule has 0 aliphatic heterocycles. The number of aromatic nitrogens is 1. The van der Waals surface area contributed by atoms with Gasteiger partial charge in [0.15, 0.2) is 5.56 Å². The number of ether oxygens (including phenoxy) is 2. The van der Waals surface area contributed by atoms with Crippen LogP contribution in [0.4, 0.5) is 0 Å². The number of methoxy groups -OCH3 is 1.